The van der Waals surface area contributed by atoms with Crippen LogP contribution in [0.5, 0.6) is 0 Å². The number of piperazine rings is 1. The van der Waals surface area contributed by atoms with Crippen molar-refractivity contribution in [2.45, 2.75) is 38.3 Å². The maximum Gasteiger partial charge on any atom is 0.287 e. The highest BCUT2D eigenvalue weighted by Gasteiger charge is 2.21. The van der Waals surface area contributed by atoms with E-state index in [1.807, 2.05) is 24.8 Å². The fraction of sp³-hybridized carbons (Fsp3) is 0.545. The Hall–Kier alpha value is -2.59. The molecule has 0 aromatic carbocycles. The van der Waals surface area contributed by atoms with Crippen LogP contribution in [-0.2, 0) is 21.9 Å². The largest absolute Gasteiger partial charge is 0.455 e. The van der Waals surface area contributed by atoms with Crippen molar-refractivity contribution in [1.82, 2.24) is 20.2 Å². The standard InChI is InChI=1S/C22H31N5O4S/c1-15(2)12-23-21(29)19-6-5-18(31-19)14-32-22-24-17(13-30-4)11-20(25-22)27-9-7-26(8-10-27)16(3)28/h5-6,11,15H,7-10,12-14H2,1-4H3,(H,23,29). The van der Waals surface area contributed by atoms with Crippen LogP contribution in [0.1, 0.15) is 42.8 Å². The summed E-state index contributed by atoms with van der Waals surface area (Å²) in [7, 11) is 1.63. The second kappa shape index (κ2) is 11.3. The molecule has 2 amide bonds. The molecule has 3 rings (SSSR count). The Labute approximate surface area is 192 Å². The lowest BCUT2D eigenvalue weighted by Gasteiger charge is -2.35. The molecule has 9 nitrogen and oxygen atoms in total. The third kappa shape index (κ3) is 6.70. The third-order valence-electron chi connectivity index (χ3n) is 4.99. The first kappa shape index (κ1) is 24.1. The van der Waals surface area contributed by atoms with Gasteiger partial charge in [-0.2, -0.15) is 0 Å². The molecule has 0 radical (unpaired) electrons. The van der Waals surface area contributed by atoms with Crippen molar-refractivity contribution in [2.24, 2.45) is 5.92 Å². The number of furan rings is 1. The average molecular weight is 462 g/mol. The van der Waals surface area contributed by atoms with Crippen LogP contribution in [-0.4, -0.2) is 66.5 Å². The second-order valence-corrected chi connectivity index (χ2v) is 9.03. The van der Waals surface area contributed by atoms with Gasteiger partial charge in [-0.3, -0.25) is 9.59 Å². The van der Waals surface area contributed by atoms with Gasteiger partial charge in [0.1, 0.15) is 11.6 Å². The average Bonchev–Trinajstić information content (AvgIpc) is 3.25. The zero-order chi connectivity index (χ0) is 23.1. The zero-order valence-electron chi connectivity index (χ0n) is 19.1. The lowest BCUT2D eigenvalue weighted by molar-refractivity contribution is -0.129. The molecule has 2 aromatic rings. The highest BCUT2D eigenvalue weighted by atomic mass is 32.2. The molecule has 0 bridgehead atoms. The molecule has 1 saturated heterocycles. The smallest absolute Gasteiger partial charge is 0.287 e. The van der Waals surface area contributed by atoms with E-state index in [9.17, 15) is 9.59 Å². The Morgan fingerprint density at radius 3 is 2.62 bits per heavy atom. The van der Waals surface area contributed by atoms with Gasteiger partial charge in [-0.25, -0.2) is 9.97 Å². The number of nitrogens with zero attached hydrogens (tertiary/aromatic N) is 4. The van der Waals surface area contributed by atoms with E-state index in [2.05, 4.69) is 15.2 Å². The van der Waals surface area contributed by atoms with Gasteiger partial charge in [0.15, 0.2) is 10.9 Å². The van der Waals surface area contributed by atoms with E-state index in [-0.39, 0.29) is 11.8 Å². The van der Waals surface area contributed by atoms with Gasteiger partial charge >= 0.3 is 0 Å². The number of rotatable bonds is 9. The van der Waals surface area contributed by atoms with Gasteiger partial charge < -0.3 is 24.3 Å². The lowest BCUT2D eigenvalue weighted by Crippen LogP contribution is -2.48. The van der Waals surface area contributed by atoms with Crippen LogP contribution < -0.4 is 10.2 Å². The van der Waals surface area contributed by atoms with Crippen molar-refractivity contribution < 1.29 is 18.7 Å². The molecule has 1 fully saturated rings. The minimum absolute atomic E-state index is 0.0966. The van der Waals surface area contributed by atoms with Crippen molar-refractivity contribution in [3.63, 3.8) is 0 Å². The zero-order valence-corrected chi connectivity index (χ0v) is 19.9. The number of anilines is 1. The minimum Gasteiger partial charge on any atom is -0.455 e. The summed E-state index contributed by atoms with van der Waals surface area (Å²) in [4.78, 5) is 37.0. The number of hydrogen-bond acceptors (Lipinski definition) is 8. The predicted octanol–water partition coefficient (Wildman–Crippen LogP) is 2.56. The van der Waals surface area contributed by atoms with Gasteiger partial charge in [-0.15, -0.1) is 0 Å². The minimum atomic E-state index is -0.208. The van der Waals surface area contributed by atoms with E-state index in [0.717, 1.165) is 24.6 Å². The van der Waals surface area contributed by atoms with E-state index >= 15 is 0 Å². The molecule has 2 aromatic heterocycles. The monoisotopic (exact) mass is 461 g/mol. The summed E-state index contributed by atoms with van der Waals surface area (Å²) in [6, 6.07) is 5.42. The van der Waals surface area contributed by atoms with E-state index in [4.69, 9.17) is 14.1 Å². The molecule has 0 atom stereocenters. The van der Waals surface area contributed by atoms with Crippen LogP contribution in [0.3, 0.4) is 0 Å². The van der Waals surface area contributed by atoms with E-state index in [1.54, 1.807) is 26.2 Å². The number of hydrogen-bond donors (Lipinski definition) is 1. The first-order valence-electron chi connectivity index (χ1n) is 10.7. The molecule has 10 heteroatoms. The number of amides is 2. The number of carbonyl (C=O) groups is 2. The fourth-order valence-corrected chi connectivity index (χ4v) is 4.02. The van der Waals surface area contributed by atoms with Crippen molar-refractivity contribution in [3.8, 4) is 0 Å². The molecule has 1 N–H and O–H groups in total. The van der Waals surface area contributed by atoms with Crippen LogP contribution in [0.25, 0.3) is 0 Å². The maximum absolute atomic E-state index is 12.2. The maximum atomic E-state index is 12.2. The van der Waals surface area contributed by atoms with E-state index in [1.165, 1.54) is 11.8 Å². The number of aromatic nitrogens is 2. The van der Waals surface area contributed by atoms with Crippen molar-refractivity contribution in [3.05, 3.63) is 35.4 Å². The lowest BCUT2D eigenvalue weighted by atomic mass is 10.2. The normalized spacial score (nSPS) is 14.2. The van der Waals surface area contributed by atoms with Gasteiger partial charge in [0, 0.05) is 52.8 Å². The molecule has 0 spiro atoms. The van der Waals surface area contributed by atoms with Crippen molar-refractivity contribution in [1.29, 1.82) is 0 Å². The van der Waals surface area contributed by atoms with Crippen LogP contribution in [0.4, 0.5) is 5.82 Å². The summed E-state index contributed by atoms with van der Waals surface area (Å²) in [5.41, 5.74) is 0.794. The number of nitrogens with one attached hydrogen (secondary N) is 1. The molecule has 1 aliphatic heterocycles. The molecule has 0 aliphatic carbocycles. The van der Waals surface area contributed by atoms with Crippen LogP contribution in [0.15, 0.2) is 27.8 Å². The number of ether oxygens (including phenoxy) is 1. The molecule has 3 heterocycles. The SMILES string of the molecule is COCc1cc(N2CCN(C(C)=O)CC2)nc(SCc2ccc(C(=O)NCC(C)C)o2)n1. The molecule has 1 aliphatic rings. The van der Waals surface area contributed by atoms with Gasteiger partial charge in [-0.05, 0) is 18.1 Å². The summed E-state index contributed by atoms with van der Waals surface area (Å²) in [5, 5.41) is 3.47. The summed E-state index contributed by atoms with van der Waals surface area (Å²) in [5.74, 6) is 2.58. The van der Waals surface area contributed by atoms with Crippen LogP contribution in [0, 0.1) is 5.92 Å². The highest BCUT2D eigenvalue weighted by Crippen LogP contribution is 2.25. The summed E-state index contributed by atoms with van der Waals surface area (Å²) in [6.07, 6.45) is 0. The Balaban J connectivity index is 1.65. The predicted molar refractivity (Wildman–Crippen MR) is 123 cm³/mol. The summed E-state index contributed by atoms with van der Waals surface area (Å²) < 4.78 is 11.0. The molecule has 32 heavy (non-hydrogen) atoms. The Morgan fingerprint density at radius 1 is 1.22 bits per heavy atom. The van der Waals surface area contributed by atoms with Crippen LogP contribution in [0.2, 0.25) is 0 Å². The first-order chi connectivity index (χ1) is 15.4. The van der Waals surface area contributed by atoms with E-state index in [0.29, 0.717) is 54.6 Å². The topological polar surface area (TPSA) is 101 Å². The van der Waals surface area contributed by atoms with Gasteiger partial charge in [0.25, 0.3) is 5.91 Å². The Bertz CT molecular complexity index is 925. The van der Waals surface area contributed by atoms with Gasteiger partial charge in [0.2, 0.25) is 5.91 Å². The molecule has 174 valence electrons. The quantitative estimate of drug-likeness (QED) is 0.449. The fourth-order valence-electron chi connectivity index (χ4n) is 3.26. The highest BCUT2D eigenvalue weighted by molar-refractivity contribution is 7.98. The summed E-state index contributed by atoms with van der Waals surface area (Å²) >= 11 is 1.45. The first-order valence-corrected chi connectivity index (χ1v) is 11.7. The number of thioether (sulfide) groups is 1. The number of methoxy groups -OCH3 is 1. The number of carbonyl (C=O) groups excluding carboxylic acids is 2. The molecular formula is C22H31N5O4S. The Morgan fingerprint density at radius 2 is 1.97 bits per heavy atom. The van der Waals surface area contributed by atoms with Gasteiger partial charge in [-0.1, -0.05) is 25.6 Å². The van der Waals surface area contributed by atoms with E-state index < -0.39 is 0 Å². The van der Waals surface area contributed by atoms with Crippen molar-refractivity contribution >= 4 is 29.4 Å². The van der Waals surface area contributed by atoms with Crippen molar-refractivity contribution in [2.75, 3.05) is 44.7 Å². The molecule has 0 unspecified atom stereocenters. The second-order valence-electron chi connectivity index (χ2n) is 8.08. The Kier molecular flexibility index (Phi) is 8.52. The summed E-state index contributed by atoms with van der Waals surface area (Å²) in [6.45, 7) is 9.47. The third-order valence-corrected chi connectivity index (χ3v) is 5.86. The molecule has 0 saturated carbocycles. The molecular weight excluding hydrogens is 430 g/mol. The van der Waals surface area contributed by atoms with Gasteiger partial charge in [0.05, 0.1) is 18.1 Å². The van der Waals surface area contributed by atoms with Crippen LogP contribution >= 0.6 is 11.8 Å².